The first-order valence-electron chi connectivity index (χ1n) is 12.0. The number of hydrogen-bond acceptors (Lipinski definition) is 3. The zero-order chi connectivity index (χ0) is 22.7. The Labute approximate surface area is 191 Å². The molecule has 3 nitrogen and oxygen atoms in total. The SMILES string of the molecule is C=C(CC)CC.CCCCC1c2ccc(-c3cocn3)cc2-c2c1ccc1c2CCC1=O. The normalized spacial score (nSPS) is 15.6. The summed E-state index contributed by atoms with van der Waals surface area (Å²) >= 11 is 0. The van der Waals surface area contributed by atoms with Crippen LogP contribution >= 0.6 is 0 Å². The van der Waals surface area contributed by atoms with E-state index in [1.807, 2.05) is 0 Å². The quantitative estimate of drug-likeness (QED) is 0.373. The molecule has 3 heteroatoms. The molecule has 1 heterocycles. The summed E-state index contributed by atoms with van der Waals surface area (Å²) in [4.78, 5) is 16.6. The van der Waals surface area contributed by atoms with Gasteiger partial charge in [-0.25, -0.2) is 4.98 Å². The molecule has 0 bridgehead atoms. The molecule has 1 aromatic heterocycles. The van der Waals surface area contributed by atoms with E-state index in [1.54, 1.807) is 6.26 Å². The largest absolute Gasteiger partial charge is 0.451 e. The van der Waals surface area contributed by atoms with E-state index in [4.69, 9.17) is 4.42 Å². The smallest absolute Gasteiger partial charge is 0.181 e. The highest BCUT2D eigenvalue weighted by Gasteiger charge is 2.34. The summed E-state index contributed by atoms with van der Waals surface area (Å²) in [5.41, 5.74) is 10.9. The van der Waals surface area contributed by atoms with Crippen molar-refractivity contribution in [3.8, 4) is 22.4 Å². The van der Waals surface area contributed by atoms with Gasteiger partial charge in [-0.1, -0.05) is 70.0 Å². The monoisotopic (exact) mass is 427 g/mol. The van der Waals surface area contributed by atoms with Gasteiger partial charge in [0.1, 0.15) is 12.0 Å². The maximum atomic E-state index is 12.3. The Morgan fingerprint density at radius 3 is 2.50 bits per heavy atom. The number of Topliss-reactive ketones (excluding diaryl/α,β-unsaturated/α-hetero) is 1. The molecule has 0 spiro atoms. The van der Waals surface area contributed by atoms with Gasteiger partial charge in [-0.15, -0.1) is 0 Å². The van der Waals surface area contributed by atoms with Gasteiger partial charge in [0.2, 0.25) is 0 Å². The summed E-state index contributed by atoms with van der Waals surface area (Å²) in [7, 11) is 0. The van der Waals surface area contributed by atoms with Crippen molar-refractivity contribution in [2.75, 3.05) is 0 Å². The first-order chi connectivity index (χ1) is 15.6. The number of allylic oxidation sites excluding steroid dienone is 1. The van der Waals surface area contributed by atoms with Crippen LogP contribution in [0.15, 0.2) is 59.6 Å². The average Bonchev–Trinajstić information content (AvgIpc) is 3.55. The minimum Gasteiger partial charge on any atom is -0.451 e. The lowest BCUT2D eigenvalue weighted by Gasteiger charge is -2.13. The van der Waals surface area contributed by atoms with Crippen molar-refractivity contribution in [2.45, 2.75) is 71.6 Å². The second kappa shape index (κ2) is 9.68. The van der Waals surface area contributed by atoms with Crippen molar-refractivity contribution in [2.24, 2.45) is 0 Å². The van der Waals surface area contributed by atoms with E-state index in [-0.39, 0.29) is 5.78 Å². The lowest BCUT2D eigenvalue weighted by Crippen LogP contribution is -1.98. The predicted octanol–water partition coefficient (Wildman–Crippen LogP) is 8.14. The molecule has 2 aliphatic carbocycles. The Kier molecular flexibility index (Phi) is 6.74. The summed E-state index contributed by atoms with van der Waals surface area (Å²) in [6.45, 7) is 10.3. The Bertz CT molecular complexity index is 1120. The van der Waals surface area contributed by atoms with Crippen molar-refractivity contribution in [3.63, 3.8) is 0 Å². The Morgan fingerprint density at radius 1 is 1.06 bits per heavy atom. The van der Waals surface area contributed by atoms with Crippen LogP contribution in [0.1, 0.15) is 92.3 Å². The number of unbranched alkanes of at least 4 members (excludes halogenated alkanes) is 1. The third kappa shape index (κ3) is 4.09. The maximum Gasteiger partial charge on any atom is 0.181 e. The van der Waals surface area contributed by atoms with Crippen LogP contribution in [0.25, 0.3) is 22.4 Å². The number of oxazole rings is 1. The van der Waals surface area contributed by atoms with Crippen LogP contribution in [0.3, 0.4) is 0 Å². The molecule has 2 aromatic carbocycles. The molecule has 0 aliphatic heterocycles. The van der Waals surface area contributed by atoms with Gasteiger partial charge < -0.3 is 4.42 Å². The molecule has 5 rings (SSSR count). The number of rotatable bonds is 6. The van der Waals surface area contributed by atoms with Crippen LogP contribution in [-0.4, -0.2) is 10.8 Å². The topological polar surface area (TPSA) is 43.1 Å². The zero-order valence-electron chi connectivity index (χ0n) is 19.5. The molecule has 0 fully saturated rings. The summed E-state index contributed by atoms with van der Waals surface area (Å²) in [6, 6.07) is 10.9. The second-order valence-electron chi connectivity index (χ2n) is 8.81. The van der Waals surface area contributed by atoms with Crippen LogP contribution in [0.5, 0.6) is 0 Å². The van der Waals surface area contributed by atoms with Gasteiger partial charge >= 0.3 is 0 Å². The van der Waals surface area contributed by atoms with Gasteiger partial charge in [0.15, 0.2) is 12.2 Å². The van der Waals surface area contributed by atoms with Crippen molar-refractivity contribution in [1.29, 1.82) is 0 Å². The minimum absolute atomic E-state index is 0.286. The number of carbonyl (C=O) groups excluding carboxylic acids is 1. The molecule has 0 saturated carbocycles. The van der Waals surface area contributed by atoms with E-state index in [2.05, 4.69) is 62.7 Å². The number of fused-ring (bicyclic) bond motifs is 5. The van der Waals surface area contributed by atoms with Crippen molar-refractivity contribution in [1.82, 2.24) is 4.98 Å². The standard InChI is InChI=1S/C23H21NO2.C6H12/c1-2-3-4-15-16-6-5-14(21-12-26-13-24-21)11-20(16)23-18(15)8-7-17-19(23)9-10-22(17)25;1-4-6(3)5-2/h5-8,11-13,15H,2-4,9-10H2,1H3;3-5H2,1-2H3. The molecule has 2 aliphatic rings. The molecule has 1 atom stereocenters. The van der Waals surface area contributed by atoms with Crippen LogP contribution in [0.2, 0.25) is 0 Å². The van der Waals surface area contributed by atoms with E-state index < -0.39 is 0 Å². The molecule has 0 saturated heterocycles. The van der Waals surface area contributed by atoms with Gasteiger partial charge in [-0.05, 0) is 59.6 Å². The number of ketones is 1. The molecule has 32 heavy (non-hydrogen) atoms. The third-order valence-electron chi connectivity index (χ3n) is 6.90. The van der Waals surface area contributed by atoms with E-state index in [0.29, 0.717) is 12.3 Å². The molecule has 1 unspecified atom stereocenters. The maximum absolute atomic E-state index is 12.3. The highest BCUT2D eigenvalue weighted by molar-refractivity contribution is 6.04. The molecule has 166 valence electrons. The lowest BCUT2D eigenvalue weighted by atomic mass is 9.90. The number of carbonyl (C=O) groups is 1. The number of benzene rings is 2. The van der Waals surface area contributed by atoms with Gasteiger partial charge in [0, 0.05) is 23.5 Å². The summed E-state index contributed by atoms with van der Waals surface area (Å²) in [5, 5.41) is 0. The number of nitrogens with zero attached hydrogens (tertiary/aromatic N) is 1. The summed E-state index contributed by atoms with van der Waals surface area (Å²) in [5.74, 6) is 0.723. The summed E-state index contributed by atoms with van der Waals surface area (Å²) < 4.78 is 5.16. The molecule has 0 amide bonds. The molecule has 3 aromatic rings. The zero-order valence-corrected chi connectivity index (χ0v) is 19.5. The predicted molar refractivity (Wildman–Crippen MR) is 131 cm³/mol. The highest BCUT2D eigenvalue weighted by Crippen LogP contribution is 2.51. The summed E-state index contributed by atoms with van der Waals surface area (Å²) in [6.07, 6.45) is 10.5. The fourth-order valence-electron chi connectivity index (χ4n) is 4.90. The Hall–Kier alpha value is -2.94. The average molecular weight is 428 g/mol. The molecule has 0 radical (unpaired) electrons. The Morgan fingerprint density at radius 2 is 1.84 bits per heavy atom. The molecular weight excluding hydrogens is 394 g/mol. The van der Waals surface area contributed by atoms with Gasteiger partial charge in [0.05, 0.1) is 0 Å². The van der Waals surface area contributed by atoms with Crippen LogP contribution < -0.4 is 0 Å². The first-order valence-corrected chi connectivity index (χ1v) is 12.0. The van der Waals surface area contributed by atoms with E-state index in [0.717, 1.165) is 42.5 Å². The van der Waals surface area contributed by atoms with Crippen LogP contribution in [-0.2, 0) is 6.42 Å². The second-order valence-corrected chi connectivity index (χ2v) is 8.81. The van der Waals surface area contributed by atoms with Crippen molar-refractivity contribution < 1.29 is 9.21 Å². The fraction of sp³-hybridized carbons (Fsp3) is 0.379. The van der Waals surface area contributed by atoms with Gasteiger partial charge in [-0.3, -0.25) is 4.79 Å². The fourth-order valence-corrected chi connectivity index (χ4v) is 4.90. The van der Waals surface area contributed by atoms with E-state index >= 15 is 0 Å². The van der Waals surface area contributed by atoms with Crippen molar-refractivity contribution in [3.05, 3.63) is 77.4 Å². The third-order valence-corrected chi connectivity index (χ3v) is 6.90. The van der Waals surface area contributed by atoms with Gasteiger partial charge in [0.25, 0.3) is 0 Å². The number of hydrogen-bond donors (Lipinski definition) is 0. The molecule has 0 N–H and O–H groups in total. The van der Waals surface area contributed by atoms with Crippen LogP contribution in [0.4, 0.5) is 0 Å². The van der Waals surface area contributed by atoms with Gasteiger partial charge in [-0.2, -0.15) is 0 Å². The van der Waals surface area contributed by atoms with E-state index in [9.17, 15) is 4.79 Å². The molecular formula is C29H33NO2. The van der Waals surface area contributed by atoms with E-state index in [1.165, 1.54) is 52.6 Å². The Balaban J connectivity index is 0.000000363. The van der Waals surface area contributed by atoms with Crippen LogP contribution in [0, 0.1) is 0 Å². The first kappa shape index (κ1) is 22.3. The number of aromatic nitrogens is 1. The highest BCUT2D eigenvalue weighted by atomic mass is 16.3. The lowest BCUT2D eigenvalue weighted by molar-refractivity contribution is 0.0994. The van der Waals surface area contributed by atoms with Crippen molar-refractivity contribution >= 4 is 5.78 Å². The minimum atomic E-state index is 0.286.